The van der Waals surface area contributed by atoms with E-state index in [0.29, 0.717) is 0 Å². The molecular formula is C62H37BN2S2. The number of hydrogen-bond donors (Lipinski definition) is 0. The maximum atomic E-state index is 2.65. The standard InChI is InChI=1S/C62H37BN2S2/c1-3-16-38(17-4-1)46-34-40-20-7-9-22-42(40)36-52(46)64-50-26-15-27-51-60(50)63(48-30-32-56-58(61(48)64)44-24-11-13-28-54(44)66-56)49-31-33-57-59(45-25-12-14-29-55(45)67-57)62(49)65(51)53-37-43-23-10-8-21-41(43)35-47(53)39-18-5-2-6-19-39/h1-37H. The first kappa shape index (κ1) is 37.3. The van der Waals surface area contributed by atoms with Gasteiger partial charge in [0.05, 0.1) is 22.7 Å². The van der Waals surface area contributed by atoms with E-state index in [4.69, 9.17) is 0 Å². The van der Waals surface area contributed by atoms with Crippen molar-refractivity contribution in [2.75, 3.05) is 9.80 Å². The summed E-state index contributed by atoms with van der Waals surface area (Å²) in [5.41, 5.74) is 16.1. The van der Waals surface area contributed by atoms with Crippen LogP contribution in [0.5, 0.6) is 0 Å². The quantitative estimate of drug-likeness (QED) is 0.163. The van der Waals surface area contributed by atoms with Gasteiger partial charge in [0, 0.05) is 62.8 Å². The van der Waals surface area contributed by atoms with E-state index in [1.165, 1.54) is 135 Å². The fraction of sp³-hybridized carbons (Fsp3) is 0. The first-order chi connectivity index (χ1) is 33.2. The molecule has 2 nitrogen and oxygen atoms in total. The number of benzene rings is 11. The second kappa shape index (κ2) is 14.3. The van der Waals surface area contributed by atoms with E-state index >= 15 is 0 Å². The normalized spacial score (nSPS) is 13.0. The molecule has 0 N–H and O–H groups in total. The maximum Gasteiger partial charge on any atom is 0.252 e. The highest BCUT2D eigenvalue weighted by Gasteiger charge is 2.45. The van der Waals surface area contributed by atoms with Gasteiger partial charge >= 0.3 is 0 Å². The Kier molecular flexibility index (Phi) is 7.94. The van der Waals surface area contributed by atoms with Crippen molar-refractivity contribution < 1.29 is 0 Å². The van der Waals surface area contributed by atoms with Gasteiger partial charge in [-0.15, -0.1) is 22.7 Å². The third-order valence-electron chi connectivity index (χ3n) is 14.4. The molecule has 0 unspecified atom stereocenters. The lowest BCUT2D eigenvalue weighted by Crippen LogP contribution is -2.61. The third kappa shape index (κ3) is 5.38. The molecule has 0 aliphatic carbocycles. The zero-order chi connectivity index (χ0) is 43.7. The lowest BCUT2D eigenvalue weighted by Gasteiger charge is -2.45. The van der Waals surface area contributed by atoms with Crippen LogP contribution < -0.4 is 26.2 Å². The Morgan fingerprint density at radius 3 is 1.18 bits per heavy atom. The summed E-state index contributed by atoms with van der Waals surface area (Å²) in [6.07, 6.45) is 0. The van der Waals surface area contributed by atoms with Crippen molar-refractivity contribution in [2.24, 2.45) is 0 Å². The molecule has 0 fully saturated rings. The smallest absolute Gasteiger partial charge is 0.252 e. The Morgan fingerprint density at radius 2 is 0.716 bits per heavy atom. The van der Waals surface area contributed by atoms with E-state index in [1.54, 1.807) is 0 Å². The average Bonchev–Trinajstić information content (AvgIpc) is 3.97. The van der Waals surface area contributed by atoms with Gasteiger partial charge in [0.15, 0.2) is 0 Å². The van der Waals surface area contributed by atoms with Crippen LogP contribution in [0, 0.1) is 0 Å². The molecule has 0 saturated heterocycles. The van der Waals surface area contributed by atoms with E-state index in [1.807, 2.05) is 22.7 Å². The predicted molar refractivity (Wildman–Crippen MR) is 292 cm³/mol. The average molecular weight is 885 g/mol. The van der Waals surface area contributed by atoms with E-state index in [9.17, 15) is 0 Å². The van der Waals surface area contributed by atoms with E-state index < -0.39 is 0 Å². The van der Waals surface area contributed by atoms with Gasteiger partial charge in [0.1, 0.15) is 0 Å². The summed E-state index contributed by atoms with van der Waals surface area (Å²) in [4.78, 5) is 5.31. The van der Waals surface area contributed by atoms with Crippen LogP contribution in [0.15, 0.2) is 224 Å². The minimum atomic E-state index is -0.0453. The number of nitrogens with zero attached hydrogens (tertiary/aromatic N) is 2. The van der Waals surface area contributed by atoms with Crippen molar-refractivity contribution in [3.05, 3.63) is 224 Å². The Hall–Kier alpha value is -7.96. The van der Waals surface area contributed by atoms with Gasteiger partial charge < -0.3 is 9.80 Å². The van der Waals surface area contributed by atoms with E-state index in [-0.39, 0.29) is 6.71 Å². The monoisotopic (exact) mass is 884 g/mol. The van der Waals surface area contributed by atoms with Gasteiger partial charge in [0.2, 0.25) is 0 Å². The Labute approximate surface area is 395 Å². The van der Waals surface area contributed by atoms with Crippen LogP contribution in [0.2, 0.25) is 0 Å². The summed E-state index contributed by atoms with van der Waals surface area (Å²) in [5, 5.41) is 10.1. The molecule has 67 heavy (non-hydrogen) atoms. The van der Waals surface area contributed by atoms with Crippen molar-refractivity contribution in [2.45, 2.75) is 0 Å². The first-order valence-corrected chi connectivity index (χ1v) is 24.7. The molecule has 4 heterocycles. The molecule has 2 aromatic heterocycles. The summed E-state index contributed by atoms with van der Waals surface area (Å²) >= 11 is 3.79. The fourth-order valence-electron chi connectivity index (χ4n) is 11.5. The minimum Gasteiger partial charge on any atom is -0.310 e. The zero-order valence-corrected chi connectivity index (χ0v) is 37.8. The molecule has 15 rings (SSSR count). The molecule has 0 spiro atoms. The third-order valence-corrected chi connectivity index (χ3v) is 16.6. The summed E-state index contributed by atoms with van der Waals surface area (Å²) in [5.74, 6) is 0. The molecule has 2 aliphatic heterocycles. The number of hydrogen-bond acceptors (Lipinski definition) is 4. The Balaban J connectivity index is 1.13. The van der Waals surface area contributed by atoms with Crippen molar-refractivity contribution in [3.8, 4) is 22.3 Å². The summed E-state index contributed by atoms with van der Waals surface area (Å²) < 4.78 is 5.21. The molecule has 13 aromatic rings. The molecule has 0 amide bonds. The highest BCUT2D eigenvalue weighted by atomic mass is 32.1. The second-order valence-electron chi connectivity index (χ2n) is 17.9. The highest BCUT2D eigenvalue weighted by Crippen LogP contribution is 2.54. The molecule has 0 bridgehead atoms. The van der Waals surface area contributed by atoms with Crippen molar-refractivity contribution in [1.29, 1.82) is 0 Å². The number of rotatable bonds is 4. The zero-order valence-electron chi connectivity index (χ0n) is 36.2. The molecular weight excluding hydrogens is 848 g/mol. The lowest BCUT2D eigenvalue weighted by atomic mass is 9.33. The van der Waals surface area contributed by atoms with Crippen LogP contribution in [0.4, 0.5) is 34.1 Å². The molecule has 5 heteroatoms. The van der Waals surface area contributed by atoms with E-state index in [0.717, 1.165) is 0 Å². The number of thiophene rings is 2. The van der Waals surface area contributed by atoms with Gasteiger partial charge in [-0.25, -0.2) is 0 Å². The first-order valence-electron chi connectivity index (χ1n) is 23.0. The Morgan fingerprint density at radius 1 is 0.313 bits per heavy atom. The van der Waals surface area contributed by atoms with Gasteiger partial charge in [0.25, 0.3) is 6.71 Å². The summed E-state index contributed by atoms with van der Waals surface area (Å²) in [6, 6.07) is 84.2. The topological polar surface area (TPSA) is 6.48 Å². The van der Waals surface area contributed by atoms with Crippen LogP contribution >= 0.6 is 22.7 Å². The molecule has 0 atom stereocenters. The van der Waals surface area contributed by atoms with Crippen LogP contribution in [0.3, 0.4) is 0 Å². The Bertz CT molecular complexity index is 3930. The summed E-state index contributed by atoms with van der Waals surface area (Å²) in [7, 11) is 0. The van der Waals surface area contributed by atoms with Crippen LogP contribution in [-0.4, -0.2) is 6.71 Å². The van der Waals surface area contributed by atoms with Crippen LogP contribution in [0.1, 0.15) is 0 Å². The molecule has 2 aliphatic rings. The SMILES string of the molecule is c1ccc(-c2cc3ccccc3cc2N2c3cccc4c3B(c3ccc5sc6ccccc6c5c32)c2ccc3sc5ccccc5c3c2N4c2cc3ccccc3cc2-c2ccccc2)cc1. The van der Waals surface area contributed by atoms with Gasteiger partial charge in [-0.1, -0.05) is 164 Å². The summed E-state index contributed by atoms with van der Waals surface area (Å²) in [6.45, 7) is -0.0453. The second-order valence-corrected chi connectivity index (χ2v) is 20.1. The van der Waals surface area contributed by atoms with Gasteiger partial charge in [-0.2, -0.15) is 0 Å². The number of anilines is 6. The van der Waals surface area contributed by atoms with Crippen LogP contribution in [-0.2, 0) is 0 Å². The largest absolute Gasteiger partial charge is 0.310 e. The number of fused-ring (bicyclic) bond motifs is 14. The minimum absolute atomic E-state index is 0.0453. The van der Waals surface area contributed by atoms with Crippen molar-refractivity contribution in [1.82, 2.24) is 0 Å². The fourth-order valence-corrected chi connectivity index (χ4v) is 13.8. The molecule has 0 saturated carbocycles. The highest BCUT2D eigenvalue weighted by molar-refractivity contribution is 7.26. The molecule has 310 valence electrons. The molecule has 0 radical (unpaired) electrons. The maximum absolute atomic E-state index is 2.65. The van der Waals surface area contributed by atoms with Gasteiger partial charge in [-0.3, -0.25) is 0 Å². The van der Waals surface area contributed by atoms with Crippen LogP contribution in [0.25, 0.3) is 84.1 Å². The van der Waals surface area contributed by atoms with Crippen molar-refractivity contribution >= 4 is 142 Å². The van der Waals surface area contributed by atoms with Gasteiger partial charge in [-0.05, 0) is 110 Å². The molecule has 11 aromatic carbocycles. The van der Waals surface area contributed by atoms with Crippen molar-refractivity contribution in [3.63, 3.8) is 0 Å². The predicted octanol–water partition coefficient (Wildman–Crippen LogP) is 16.1. The lowest BCUT2D eigenvalue weighted by molar-refractivity contribution is 1.27. The van der Waals surface area contributed by atoms with E-state index in [2.05, 4.69) is 234 Å².